The van der Waals surface area contributed by atoms with Crippen LogP contribution in [0.3, 0.4) is 0 Å². The Kier molecular flexibility index (Phi) is 6.09. The van der Waals surface area contributed by atoms with Gasteiger partial charge in [-0.25, -0.2) is 4.79 Å². The van der Waals surface area contributed by atoms with Crippen LogP contribution in [-0.4, -0.2) is 35.2 Å². The molecule has 0 radical (unpaired) electrons. The van der Waals surface area contributed by atoms with Gasteiger partial charge in [-0.05, 0) is 60.4 Å². The van der Waals surface area contributed by atoms with Crippen molar-refractivity contribution in [1.82, 2.24) is 4.98 Å². The zero-order chi connectivity index (χ0) is 21.1. The van der Waals surface area contributed by atoms with Crippen LogP contribution in [0.1, 0.15) is 35.7 Å². The van der Waals surface area contributed by atoms with Crippen LogP contribution >= 0.6 is 0 Å². The Hall–Kier alpha value is -3.04. The number of H-pyrrole nitrogens is 1. The van der Waals surface area contributed by atoms with Crippen molar-refractivity contribution in [1.29, 1.82) is 0 Å². The molecule has 0 bridgehead atoms. The third-order valence-electron chi connectivity index (χ3n) is 6.17. The fraction of sp³-hybridized carbons (Fsp3) is 0.391. The Morgan fingerprint density at radius 2 is 1.93 bits per heavy atom. The predicted octanol–water partition coefficient (Wildman–Crippen LogP) is 2.73. The molecule has 0 spiro atoms. The smallest absolute Gasteiger partial charge is 0.341 e. The van der Waals surface area contributed by atoms with Crippen LogP contribution in [-0.2, 0) is 6.42 Å². The highest BCUT2D eigenvalue weighted by Gasteiger charge is 2.40. The number of rotatable bonds is 4. The molecule has 1 aliphatic carbocycles. The van der Waals surface area contributed by atoms with E-state index >= 15 is 0 Å². The summed E-state index contributed by atoms with van der Waals surface area (Å²) < 4.78 is 0. The summed E-state index contributed by atoms with van der Waals surface area (Å²) in [5, 5.41) is 9.16. The number of nitrogens with two attached hydrogens (primary N) is 1. The Labute approximate surface area is 170 Å². The molecule has 1 saturated heterocycles. The number of benzene rings is 1. The van der Waals surface area contributed by atoms with Gasteiger partial charge in [-0.15, -0.1) is 12.8 Å². The van der Waals surface area contributed by atoms with Crippen molar-refractivity contribution < 1.29 is 9.90 Å². The number of anilines is 1. The van der Waals surface area contributed by atoms with Crippen LogP contribution < -0.4 is 16.2 Å². The van der Waals surface area contributed by atoms with E-state index in [1.165, 1.54) is 18.2 Å². The number of hydrogen-bond donors (Lipinski definition) is 3. The van der Waals surface area contributed by atoms with Gasteiger partial charge in [0.1, 0.15) is 5.56 Å². The minimum absolute atomic E-state index is 0.216. The van der Waals surface area contributed by atoms with Gasteiger partial charge in [0.25, 0.3) is 5.56 Å². The molecule has 2 aliphatic rings. The molecule has 2 fully saturated rings. The predicted molar refractivity (Wildman–Crippen MR) is 115 cm³/mol. The first-order chi connectivity index (χ1) is 14.0. The highest BCUT2D eigenvalue weighted by atomic mass is 16.4. The minimum Gasteiger partial charge on any atom is -0.477 e. The number of aromatic amines is 1. The first kappa shape index (κ1) is 20.7. The number of aromatic carboxylic acids is 1. The van der Waals surface area contributed by atoms with E-state index in [1.807, 2.05) is 19.1 Å². The van der Waals surface area contributed by atoms with Crippen molar-refractivity contribution in [3.8, 4) is 24.1 Å². The van der Waals surface area contributed by atoms with E-state index in [2.05, 4.69) is 34.9 Å². The summed E-state index contributed by atoms with van der Waals surface area (Å²) in [5.74, 6) is 0.0909. The van der Waals surface area contributed by atoms with E-state index in [1.54, 1.807) is 0 Å². The normalized spacial score (nSPS) is 22.6. The number of terminal acetylenes is 1. The largest absolute Gasteiger partial charge is 0.477 e. The zero-order valence-electron chi connectivity index (χ0n) is 16.6. The fourth-order valence-electron chi connectivity index (χ4n) is 4.63. The molecule has 1 aromatic carbocycles. The maximum atomic E-state index is 12.1. The van der Waals surface area contributed by atoms with Gasteiger partial charge >= 0.3 is 5.97 Å². The third-order valence-corrected chi connectivity index (χ3v) is 6.17. The second-order valence-corrected chi connectivity index (χ2v) is 7.69. The lowest BCUT2D eigenvalue weighted by Gasteiger charge is -2.21. The SMILES string of the molecule is C#C.CCc1cc(C(=O)O)c(=O)[nH]c1-c1ccc(N2CC3[C@H](CC[C@H]3N)C2)cc1. The first-order valence-corrected chi connectivity index (χ1v) is 9.91. The van der Waals surface area contributed by atoms with E-state index in [9.17, 15) is 9.59 Å². The second kappa shape index (κ2) is 8.54. The lowest BCUT2D eigenvalue weighted by Crippen LogP contribution is -2.30. The number of carboxylic acids is 1. The van der Waals surface area contributed by atoms with E-state index in [-0.39, 0.29) is 5.56 Å². The molecule has 0 amide bonds. The van der Waals surface area contributed by atoms with Gasteiger partial charge < -0.3 is 20.7 Å². The van der Waals surface area contributed by atoms with Crippen LogP contribution in [0.4, 0.5) is 5.69 Å². The minimum atomic E-state index is -1.20. The average Bonchev–Trinajstić information content (AvgIpc) is 3.31. The molecule has 2 heterocycles. The fourth-order valence-corrected chi connectivity index (χ4v) is 4.63. The van der Waals surface area contributed by atoms with Gasteiger partial charge in [0.15, 0.2) is 0 Å². The summed E-state index contributed by atoms with van der Waals surface area (Å²) in [6.45, 7) is 4.01. The Morgan fingerprint density at radius 3 is 2.52 bits per heavy atom. The first-order valence-electron chi connectivity index (χ1n) is 9.91. The Bertz CT molecular complexity index is 962. The molecule has 6 heteroatoms. The van der Waals surface area contributed by atoms with Crippen LogP contribution in [0, 0.1) is 24.7 Å². The maximum Gasteiger partial charge on any atom is 0.341 e. The summed E-state index contributed by atoms with van der Waals surface area (Å²) in [6.07, 6.45) is 11.0. The highest BCUT2D eigenvalue weighted by Crippen LogP contribution is 2.39. The molecule has 1 aliphatic heterocycles. The number of aryl methyl sites for hydroxylation is 1. The number of aromatic nitrogens is 1. The molecule has 1 saturated carbocycles. The number of carboxylic acid groups (broad SMARTS) is 1. The number of fused-ring (bicyclic) bond motifs is 1. The molecule has 29 heavy (non-hydrogen) atoms. The van der Waals surface area contributed by atoms with E-state index in [4.69, 9.17) is 10.8 Å². The lowest BCUT2D eigenvalue weighted by atomic mass is 9.98. The Balaban J connectivity index is 0.00000117. The monoisotopic (exact) mass is 393 g/mol. The molecule has 1 aromatic heterocycles. The molecule has 152 valence electrons. The summed E-state index contributed by atoms with van der Waals surface area (Å²) in [5.41, 5.74) is 9.03. The van der Waals surface area contributed by atoms with Gasteiger partial charge in [-0.2, -0.15) is 0 Å². The second-order valence-electron chi connectivity index (χ2n) is 7.69. The lowest BCUT2D eigenvalue weighted by molar-refractivity contribution is 0.0695. The summed E-state index contributed by atoms with van der Waals surface area (Å²) >= 11 is 0. The molecule has 4 N–H and O–H groups in total. The molecular weight excluding hydrogens is 366 g/mol. The van der Waals surface area contributed by atoms with Crippen molar-refractivity contribution in [2.45, 2.75) is 32.2 Å². The Morgan fingerprint density at radius 1 is 1.24 bits per heavy atom. The maximum absolute atomic E-state index is 12.1. The van der Waals surface area contributed by atoms with Crippen LogP contribution in [0.2, 0.25) is 0 Å². The van der Waals surface area contributed by atoms with Crippen LogP contribution in [0.15, 0.2) is 35.1 Å². The number of hydrogen-bond acceptors (Lipinski definition) is 4. The third kappa shape index (κ3) is 3.92. The summed E-state index contributed by atoms with van der Waals surface area (Å²) in [6, 6.07) is 9.94. The van der Waals surface area contributed by atoms with Gasteiger partial charge in [-0.1, -0.05) is 19.1 Å². The number of carbonyl (C=O) groups is 1. The van der Waals surface area contributed by atoms with E-state index < -0.39 is 11.5 Å². The molecule has 3 atom stereocenters. The van der Waals surface area contributed by atoms with E-state index in [0.29, 0.717) is 30.0 Å². The molecule has 6 nitrogen and oxygen atoms in total. The van der Waals surface area contributed by atoms with Crippen molar-refractivity contribution in [2.75, 3.05) is 18.0 Å². The van der Waals surface area contributed by atoms with Crippen LogP contribution in [0.5, 0.6) is 0 Å². The van der Waals surface area contributed by atoms with Crippen LogP contribution in [0.25, 0.3) is 11.3 Å². The summed E-state index contributed by atoms with van der Waals surface area (Å²) in [4.78, 5) is 28.4. The zero-order valence-corrected chi connectivity index (χ0v) is 16.6. The van der Waals surface area contributed by atoms with Crippen molar-refractivity contribution in [2.24, 2.45) is 17.6 Å². The molecule has 4 rings (SSSR count). The number of nitrogens with one attached hydrogen (secondary N) is 1. The van der Waals surface area contributed by atoms with Crippen molar-refractivity contribution in [3.05, 3.63) is 51.8 Å². The molecule has 2 aromatic rings. The highest BCUT2D eigenvalue weighted by molar-refractivity contribution is 5.88. The molecular formula is C23H27N3O3. The van der Waals surface area contributed by atoms with Gasteiger partial charge in [0, 0.05) is 24.8 Å². The summed E-state index contributed by atoms with van der Waals surface area (Å²) in [7, 11) is 0. The average molecular weight is 393 g/mol. The van der Waals surface area contributed by atoms with E-state index in [0.717, 1.165) is 30.6 Å². The van der Waals surface area contributed by atoms with Crippen molar-refractivity contribution in [3.63, 3.8) is 0 Å². The topological polar surface area (TPSA) is 99.4 Å². The number of nitrogens with zero attached hydrogens (tertiary/aromatic N) is 1. The van der Waals surface area contributed by atoms with Gasteiger partial charge in [0.05, 0.1) is 5.69 Å². The van der Waals surface area contributed by atoms with Crippen molar-refractivity contribution >= 4 is 11.7 Å². The van der Waals surface area contributed by atoms with Gasteiger partial charge in [0.2, 0.25) is 0 Å². The quantitative estimate of drug-likeness (QED) is 0.694. The standard InChI is InChI=1S/C21H25N3O3.C2H2/c1-2-12-9-16(21(26)27)20(25)23-19(12)13-3-6-15(7-4-13)24-10-14-5-8-18(22)17(14)11-24;1-2/h3-4,6-7,9,14,17-18H,2,5,8,10-11,22H2,1H3,(H,23,25)(H,26,27);1-2H/t14-,17?,18-;/m1./s1. The number of pyridine rings is 1. The van der Waals surface area contributed by atoms with Gasteiger partial charge in [-0.3, -0.25) is 4.79 Å². The molecule has 1 unspecified atom stereocenters.